The Morgan fingerprint density at radius 2 is 1.87 bits per heavy atom. The van der Waals surface area contributed by atoms with Crippen molar-refractivity contribution < 1.29 is 13.6 Å². The van der Waals surface area contributed by atoms with Crippen LogP contribution in [0.15, 0.2) is 57.7 Å². The second-order valence-corrected chi connectivity index (χ2v) is 5.15. The van der Waals surface area contributed by atoms with E-state index in [0.717, 1.165) is 5.52 Å². The van der Waals surface area contributed by atoms with E-state index in [2.05, 4.69) is 5.32 Å². The molecule has 2 aromatic carbocycles. The van der Waals surface area contributed by atoms with Crippen LogP contribution in [0.4, 0.5) is 10.1 Å². The summed E-state index contributed by atoms with van der Waals surface area (Å²) in [7, 11) is 0. The first-order valence-corrected chi connectivity index (χ1v) is 7.27. The number of oxazole rings is 1. The van der Waals surface area contributed by atoms with Crippen molar-refractivity contribution >= 4 is 22.7 Å². The van der Waals surface area contributed by atoms with Crippen LogP contribution in [0.2, 0.25) is 0 Å². The van der Waals surface area contributed by atoms with E-state index in [0.29, 0.717) is 24.2 Å². The van der Waals surface area contributed by atoms with Gasteiger partial charge in [-0.1, -0.05) is 12.1 Å². The lowest BCUT2D eigenvalue weighted by Crippen LogP contribution is -2.17. The largest absolute Gasteiger partial charge is 0.419 e. The van der Waals surface area contributed by atoms with E-state index >= 15 is 0 Å². The maximum atomic E-state index is 12.8. The molecule has 0 unspecified atom stereocenters. The third kappa shape index (κ3) is 3.48. The highest BCUT2D eigenvalue weighted by molar-refractivity contribution is 5.90. The molecule has 0 bridgehead atoms. The molecule has 0 saturated carbocycles. The van der Waals surface area contributed by atoms with Gasteiger partial charge in [0.1, 0.15) is 5.82 Å². The summed E-state index contributed by atoms with van der Waals surface area (Å²) >= 11 is 0. The van der Waals surface area contributed by atoms with E-state index in [1.54, 1.807) is 18.2 Å². The number of nitrogens with zero attached hydrogens (tertiary/aromatic N) is 1. The predicted octanol–water partition coefficient (Wildman–Crippen LogP) is 3.15. The lowest BCUT2D eigenvalue weighted by Gasteiger charge is -2.05. The normalized spacial score (nSPS) is 10.8. The molecule has 23 heavy (non-hydrogen) atoms. The number of anilines is 1. The fourth-order valence-electron chi connectivity index (χ4n) is 2.38. The molecule has 1 amide bonds. The Bertz CT molecular complexity index is 881. The number of fused-ring (bicyclic) bond motifs is 1. The van der Waals surface area contributed by atoms with Crippen molar-refractivity contribution in [2.24, 2.45) is 0 Å². The molecule has 3 aromatic rings. The van der Waals surface area contributed by atoms with Crippen LogP contribution < -0.4 is 11.1 Å². The lowest BCUT2D eigenvalue weighted by atomic mass is 10.2. The van der Waals surface area contributed by atoms with Crippen molar-refractivity contribution in [1.29, 1.82) is 0 Å². The van der Waals surface area contributed by atoms with Gasteiger partial charge in [-0.15, -0.1) is 0 Å². The first-order chi connectivity index (χ1) is 11.1. The zero-order valence-corrected chi connectivity index (χ0v) is 12.3. The molecule has 1 N–H and O–H groups in total. The standard InChI is InChI=1S/C17H15FN2O3/c18-12-7-9-13(10-8-12)19-16(21)6-3-11-20-14-4-1-2-5-15(14)23-17(20)22/h1-2,4-5,7-10H,3,6,11H2,(H,19,21). The minimum atomic E-state index is -0.426. The number of aromatic nitrogens is 1. The Kier molecular flexibility index (Phi) is 4.23. The molecule has 0 aliphatic rings. The van der Waals surface area contributed by atoms with Crippen molar-refractivity contribution in [1.82, 2.24) is 4.57 Å². The van der Waals surface area contributed by atoms with Crippen molar-refractivity contribution in [2.75, 3.05) is 5.32 Å². The Morgan fingerprint density at radius 3 is 2.65 bits per heavy atom. The third-order valence-electron chi connectivity index (χ3n) is 3.49. The van der Waals surface area contributed by atoms with Gasteiger partial charge in [-0.3, -0.25) is 9.36 Å². The molecule has 0 aliphatic heterocycles. The van der Waals surface area contributed by atoms with Crippen LogP contribution in [-0.4, -0.2) is 10.5 Å². The van der Waals surface area contributed by atoms with Crippen molar-refractivity contribution in [3.05, 3.63) is 64.9 Å². The zero-order valence-electron chi connectivity index (χ0n) is 12.3. The maximum Gasteiger partial charge on any atom is 0.419 e. The molecule has 0 fully saturated rings. The second-order valence-electron chi connectivity index (χ2n) is 5.15. The Hall–Kier alpha value is -2.89. The minimum absolute atomic E-state index is 0.183. The molecule has 0 saturated heterocycles. The average Bonchev–Trinajstić information content (AvgIpc) is 2.86. The number of amides is 1. The number of aryl methyl sites for hydroxylation is 1. The number of nitrogens with one attached hydrogen (secondary N) is 1. The first-order valence-electron chi connectivity index (χ1n) is 7.27. The topological polar surface area (TPSA) is 64.2 Å². The van der Waals surface area contributed by atoms with Gasteiger partial charge in [0.25, 0.3) is 0 Å². The molecule has 0 aliphatic carbocycles. The van der Waals surface area contributed by atoms with E-state index in [9.17, 15) is 14.0 Å². The summed E-state index contributed by atoms with van der Waals surface area (Å²) in [6.07, 6.45) is 0.750. The Balaban J connectivity index is 1.58. The summed E-state index contributed by atoms with van der Waals surface area (Å²) in [6, 6.07) is 12.7. The monoisotopic (exact) mass is 314 g/mol. The molecular weight excluding hydrogens is 299 g/mol. The third-order valence-corrected chi connectivity index (χ3v) is 3.49. The van der Waals surface area contributed by atoms with E-state index in [1.165, 1.54) is 28.8 Å². The van der Waals surface area contributed by atoms with Gasteiger partial charge in [0, 0.05) is 18.7 Å². The Morgan fingerprint density at radius 1 is 1.13 bits per heavy atom. The van der Waals surface area contributed by atoms with Crippen LogP contribution in [0.5, 0.6) is 0 Å². The molecule has 3 rings (SSSR count). The predicted molar refractivity (Wildman–Crippen MR) is 84.7 cm³/mol. The molecule has 0 radical (unpaired) electrons. The molecule has 0 atom stereocenters. The summed E-state index contributed by atoms with van der Waals surface area (Å²) in [4.78, 5) is 23.7. The van der Waals surface area contributed by atoms with Gasteiger partial charge in [-0.2, -0.15) is 0 Å². The van der Waals surface area contributed by atoms with Crippen LogP contribution in [-0.2, 0) is 11.3 Å². The number of halogens is 1. The van der Waals surface area contributed by atoms with Gasteiger partial charge >= 0.3 is 5.76 Å². The van der Waals surface area contributed by atoms with Gasteiger partial charge in [0.15, 0.2) is 5.58 Å². The number of benzene rings is 2. The van der Waals surface area contributed by atoms with E-state index in [-0.39, 0.29) is 18.1 Å². The quantitative estimate of drug-likeness (QED) is 0.787. The molecular formula is C17H15FN2O3. The maximum absolute atomic E-state index is 12.8. The summed E-state index contributed by atoms with van der Waals surface area (Å²) < 4.78 is 19.4. The smallest absolute Gasteiger partial charge is 0.408 e. The van der Waals surface area contributed by atoms with Crippen LogP contribution in [0.3, 0.4) is 0 Å². The van der Waals surface area contributed by atoms with Gasteiger partial charge < -0.3 is 9.73 Å². The fraction of sp³-hybridized carbons (Fsp3) is 0.176. The van der Waals surface area contributed by atoms with E-state index < -0.39 is 5.76 Å². The number of hydrogen-bond acceptors (Lipinski definition) is 3. The number of para-hydroxylation sites is 2. The zero-order chi connectivity index (χ0) is 16.2. The molecule has 6 heteroatoms. The van der Waals surface area contributed by atoms with Crippen LogP contribution in [0.1, 0.15) is 12.8 Å². The second kappa shape index (κ2) is 6.48. The lowest BCUT2D eigenvalue weighted by molar-refractivity contribution is -0.116. The molecule has 5 nitrogen and oxygen atoms in total. The minimum Gasteiger partial charge on any atom is -0.408 e. The summed E-state index contributed by atoms with van der Waals surface area (Å²) in [5, 5.41) is 2.68. The summed E-state index contributed by atoms with van der Waals surface area (Å²) in [5.41, 5.74) is 1.80. The Labute approximate surface area is 131 Å². The van der Waals surface area contributed by atoms with Crippen LogP contribution in [0, 0.1) is 5.82 Å². The first kappa shape index (κ1) is 15.0. The molecule has 118 valence electrons. The SMILES string of the molecule is O=C(CCCn1c(=O)oc2ccccc21)Nc1ccc(F)cc1. The van der Waals surface area contributed by atoms with E-state index in [1.807, 2.05) is 6.07 Å². The molecule has 0 spiro atoms. The van der Waals surface area contributed by atoms with Gasteiger partial charge in [0.2, 0.25) is 5.91 Å². The van der Waals surface area contributed by atoms with Crippen molar-refractivity contribution in [3.8, 4) is 0 Å². The molecule has 1 heterocycles. The van der Waals surface area contributed by atoms with Crippen molar-refractivity contribution in [3.63, 3.8) is 0 Å². The van der Waals surface area contributed by atoms with Crippen molar-refractivity contribution in [2.45, 2.75) is 19.4 Å². The summed E-state index contributed by atoms with van der Waals surface area (Å²) in [5.74, 6) is -0.961. The fourth-order valence-corrected chi connectivity index (χ4v) is 2.38. The van der Waals surface area contributed by atoms with E-state index in [4.69, 9.17) is 4.42 Å². The van der Waals surface area contributed by atoms with Crippen LogP contribution >= 0.6 is 0 Å². The highest BCUT2D eigenvalue weighted by Crippen LogP contribution is 2.13. The highest BCUT2D eigenvalue weighted by Gasteiger charge is 2.09. The number of carbonyl (C=O) groups excluding carboxylic acids is 1. The number of carbonyl (C=O) groups is 1. The van der Waals surface area contributed by atoms with Crippen LogP contribution in [0.25, 0.3) is 11.1 Å². The van der Waals surface area contributed by atoms with Gasteiger partial charge in [-0.25, -0.2) is 9.18 Å². The number of rotatable bonds is 5. The number of hydrogen-bond donors (Lipinski definition) is 1. The highest BCUT2D eigenvalue weighted by atomic mass is 19.1. The van der Waals surface area contributed by atoms with Gasteiger partial charge in [0.05, 0.1) is 5.52 Å². The van der Waals surface area contributed by atoms with Gasteiger partial charge in [-0.05, 0) is 42.8 Å². The average molecular weight is 314 g/mol. The summed E-state index contributed by atoms with van der Waals surface area (Å²) in [6.45, 7) is 0.396. The molecule has 1 aromatic heterocycles.